The van der Waals surface area contributed by atoms with E-state index < -0.39 is 0 Å². The first-order valence-corrected chi connectivity index (χ1v) is 6.77. The second-order valence-electron chi connectivity index (χ2n) is 2.10. The van der Waals surface area contributed by atoms with Crippen LogP contribution in [-0.4, -0.2) is 0 Å². The van der Waals surface area contributed by atoms with E-state index in [1.54, 1.807) is 22.7 Å². The molecule has 0 unspecified atom stereocenters. The van der Waals surface area contributed by atoms with Crippen LogP contribution in [0.1, 0.15) is 0 Å². The number of hydrogen-bond donors (Lipinski definition) is 0. The summed E-state index contributed by atoms with van der Waals surface area (Å²) >= 11 is 6.20. The van der Waals surface area contributed by atoms with E-state index in [2.05, 4.69) is 0 Å². The van der Waals surface area contributed by atoms with Crippen molar-refractivity contribution in [2.45, 2.75) is 8.42 Å². The maximum atomic E-state index is 5.38. The topological polar surface area (TPSA) is 9.23 Å². The van der Waals surface area contributed by atoms with Crippen LogP contribution in [0, 0.1) is 0 Å². The highest BCUT2D eigenvalue weighted by Gasteiger charge is 1.98. The summed E-state index contributed by atoms with van der Waals surface area (Å²) in [6.07, 6.45) is 0. The average Bonchev–Trinajstić information content (AvgIpc) is 2.75. The molecule has 0 radical (unpaired) electrons. The minimum Gasteiger partial charge on any atom is -0.235 e. The second kappa shape index (κ2) is 5.07. The molecule has 5 heteroatoms. The van der Waals surface area contributed by atoms with Crippen LogP contribution in [0.4, 0.5) is 0 Å². The fourth-order valence-electron chi connectivity index (χ4n) is 0.706. The molecular formula is C8H6OS4. The molecule has 2 heterocycles. The van der Waals surface area contributed by atoms with E-state index in [0.717, 1.165) is 0 Å². The minimum atomic E-state index is 1.18. The van der Waals surface area contributed by atoms with Crippen molar-refractivity contribution in [1.29, 1.82) is 0 Å². The highest BCUT2D eigenvalue weighted by atomic mass is 32.3. The molecule has 0 amide bonds. The van der Waals surface area contributed by atoms with Crippen LogP contribution in [-0.2, 0) is 3.63 Å². The molecule has 0 aliphatic carbocycles. The smallest absolute Gasteiger partial charge is 0.0889 e. The highest BCUT2D eigenvalue weighted by molar-refractivity contribution is 8.09. The lowest BCUT2D eigenvalue weighted by Crippen LogP contribution is -1.62. The van der Waals surface area contributed by atoms with Crippen LogP contribution in [0.3, 0.4) is 0 Å². The van der Waals surface area contributed by atoms with Gasteiger partial charge in [0.05, 0.1) is 32.5 Å². The molecule has 0 aliphatic rings. The predicted molar refractivity (Wildman–Crippen MR) is 61.4 cm³/mol. The molecule has 0 saturated carbocycles. The molecule has 0 atom stereocenters. The van der Waals surface area contributed by atoms with E-state index in [1.165, 1.54) is 32.5 Å². The van der Waals surface area contributed by atoms with Crippen molar-refractivity contribution in [1.82, 2.24) is 0 Å². The fraction of sp³-hybridized carbons (Fsp3) is 0. The van der Waals surface area contributed by atoms with Gasteiger partial charge in [0, 0.05) is 0 Å². The minimum absolute atomic E-state index is 1.18. The summed E-state index contributed by atoms with van der Waals surface area (Å²) in [5.41, 5.74) is 0. The van der Waals surface area contributed by atoms with Gasteiger partial charge in [-0.05, 0) is 22.9 Å². The molecule has 0 fully saturated rings. The van der Waals surface area contributed by atoms with E-state index in [1.807, 2.05) is 35.0 Å². The Morgan fingerprint density at radius 1 is 0.923 bits per heavy atom. The zero-order valence-electron chi connectivity index (χ0n) is 6.51. The Kier molecular flexibility index (Phi) is 3.75. The third kappa shape index (κ3) is 3.03. The molecule has 2 aromatic heterocycles. The van der Waals surface area contributed by atoms with Crippen molar-refractivity contribution < 1.29 is 3.63 Å². The van der Waals surface area contributed by atoms with Crippen LogP contribution in [0.15, 0.2) is 43.4 Å². The van der Waals surface area contributed by atoms with E-state index in [9.17, 15) is 0 Å². The van der Waals surface area contributed by atoms with Crippen molar-refractivity contribution in [3.8, 4) is 0 Å². The Morgan fingerprint density at radius 2 is 1.46 bits per heavy atom. The van der Waals surface area contributed by atoms with Gasteiger partial charge in [0.2, 0.25) is 0 Å². The van der Waals surface area contributed by atoms with Crippen molar-refractivity contribution in [2.24, 2.45) is 0 Å². The molecule has 0 spiro atoms. The molecule has 1 nitrogen and oxygen atoms in total. The predicted octanol–water partition coefficient (Wildman–Crippen LogP) is 4.54. The normalized spacial score (nSPS) is 10.5. The lowest BCUT2D eigenvalue weighted by atomic mass is 10.7. The summed E-state index contributed by atoms with van der Waals surface area (Å²) in [7, 11) is 0. The van der Waals surface area contributed by atoms with Gasteiger partial charge in [-0.1, -0.05) is 12.1 Å². The van der Waals surface area contributed by atoms with Gasteiger partial charge in [0.1, 0.15) is 0 Å². The van der Waals surface area contributed by atoms with Crippen LogP contribution in [0.2, 0.25) is 0 Å². The van der Waals surface area contributed by atoms with Crippen molar-refractivity contribution >= 4 is 46.8 Å². The lowest BCUT2D eigenvalue weighted by Gasteiger charge is -1.94. The zero-order chi connectivity index (χ0) is 8.93. The molecule has 0 bridgehead atoms. The SMILES string of the molecule is c1csc(SOSc2cccs2)c1. The molecule has 0 N–H and O–H groups in total. The number of thiophene rings is 2. The van der Waals surface area contributed by atoms with Gasteiger partial charge in [-0.2, -0.15) is 0 Å². The van der Waals surface area contributed by atoms with E-state index >= 15 is 0 Å². The highest BCUT2D eigenvalue weighted by Crippen LogP contribution is 2.33. The summed E-state index contributed by atoms with van der Waals surface area (Å²) < 4.78 is 7.75. The molecular weight excluding hydrogens is 240 g/mol. The largest absolute Gasteiger partial charge is 0.235 e. The Hall–Kier alpha value is 0.0600. The second-order valence-corrected chi connectivity index (χ2v) is 6.27. The first-order valence-electron chi connectivity index (χ1n) is 3.53. The van der Waals surface area contributed by atoms with Crippen LogP contribution in [0.25, 0.3) is 0 Å². The Balaban J connectivity index is 1.76. The lowest BCUT2D eigenvalue weighted by molar-refractivity contribution is 0.761. The van der Waals surface area contributed by atoms with Gasteiger partial charge in [-0.3, -0.25) is 0 Å². The molecule has 68 valence electrons. The van der Waals surface area contributed by atoms with Gasteiger partial charge in [-0.15, -0.1) is 22.7 Å². The molecule has 13 heavy (non-hydrogen) atoms. The third-order valence-electron chi connectivity index (χ3n) is 1.22. The fourth-order valence-corrected chi connectivity index (χ4v) is 3.69. The summed E-state index contributed by atoms with van der Waals surface area (Å²) in [6.45, 7) is 0. The Labute approximate surface area is 93.5 Å². The van der Waals surface area contributed by atoms with Crippen molar-refractivity contribution in [3.05, 3.63) is 35.0 Å². The maximum absolute atomic E-state index is 5.38. The first-order chi connectivity index (χ1) is 6.45. The first kappa shape index (κ1) is 9.61. The Bertz CT molecular complexity index is 293. The zero-order valence-corrected chi connectivity index (χ0v) is 9.77. The molecule has 2 rings (SSSR count). The van der Waals surface area contributed by atoms with E-state index in [4.69, 9.17) is 3.63 Å². The van der Waals surface area contributed by atoms with Gasteiger partial charge >= 0.3 is 0 Å². The van der Waals surface area contributed by atoms with Gasteiger partial charge in [-0.25, -0.2) is 3.63 Å². The van der Waals surface area contributed by atoms with Gasteiger partial charge in [0.25, 0.3) is 0 Å². The van der Waals surface area contributed by atoms with Crippen molar-refractivity contribution in [3.63, 3.8) is 0 Å². The number of rotatable bonds is 4. The van der Waals surface area contributed by atoms with E-state index in [0.29, 0.717) is 0 Å². The summed E-state index contributed by atoms with van der Waals surface area (Å²) in [5, 5.41) is 4.09. The average molecular weight is 246 g/mol. The molecule has 0 saturated heterocycles. The van der Waals surface area contributed by atoms with Crippen LogP contribution >= 0.6 is 46.8 Å². The monoisotopic (exact) mass is 246 g/mol. The summed E-state index contributed by atoms with van der Waals surface area (Å²) in [6, 6.07) is 8.13. The summed E-state index contributed by atoms with van der Waals surface area (Å²) in [5.74, 6) is 0. The maximum Gasteiger partial charge on any atom is 0.0889 e. The summed E-state index contributed by atoms with van der Waals surface area (Å²) in [4.78, 5) is 0. The standard InChI is InChI=1S/C8H6OS4/c1-3-7(10-5-1)12-9-13-8-4-2-6-11-8/h1-6H. The quantitative estimate of drug-likeness (QED) is 0.733. The Morgan fingerprint density at radius 3 is 1.85 bits per heavy atom. The molecule has 2 aromatic rings. The third-order valence-corrected chi connectivity index (χ3v) is 4.68. The molecule has 0 aromatic carbocycles. The van der Waals surface area contributed by atoms with Crippen LogP contribution in [0.5, 0.6) is 0 Å². The van der Waals surface area contributed by atoms with Crippen LogP contribution < -0.4 is 0 Å². The van der Waals surface area contributed by atoms with Crippen molar-refractivity contribution in [2.75, 3.05) is 0 Å². The van der Waals surface area contributed by atoms with Gasteiger partial charge in [0.15, 0.2) is 0 Å². The van der Waals surface area contributed by atoms with E-state index in [-0.39, 0.29) is 0 Å². The number of hydrogen-bond acceptors (Lipinski definition) is 5. The molecule has 0 aliphatic heterocycles. The van der Waals surface area contributed by atoms with Gasteiger partial charge < -0.3 is 0 Å².